The molecule has 0 heterocycles. The van der Waals surface area contributed by atoms with E-state index in [9.17, 15) is 14.9 Å². The first-order valence-electron chi connectivity index (χ1n) is 6.94. The molecule has 0 aliphatic heterocycles. The smallest absolute Gasteiger partial charge is 0.411 e. The van der Waals surface area contributed by atoms with Crippen molar-refractivity contribution in [3.63, 3.8) is 0 Å². The Morgan fingerprint density at radius 1 is 1.26 bits per heavy atom. The third kappa shape index (κ3) is 3.76. The van der Waals surface area contributed by atoms with Gasteiger partial charge in [-0.05, 0) is 30.2 Å². The normalized spacial score (nSPS) is 10.2. The standard InChI is InChI=1S/C16H16N2O5/c1-3-11-5-4-6-12(9-11)23-13-7-8-14(18(21)22)15(10-13)17(2)16(19)20/h4-10H,3H2,1-2H3,(H,19,20). The van der Waals surface area contributed by atoms with E-state index >= 15 is 0 Å². The molecule has 2 aromatic carbocycles. The van der Waals surface area contributed by atoms with Gasteiger partial charge in [-0.3, -0.25) is 15.0 Å². The summed E-state index contributed by atoms with van der Waals surface area (Å²) in [4.78, 5) is 22.3. The molecular weight excluding hydrogens is 300 g/mol. The predicted octanol–water partition coefficient (Wildman–Crippen LogP) is 4.06. The molecule has 7 nitrogen and oxygen atoms in total. The van der Waals surface area contributed by atoms with Crippen LogP contribution in [-0.4, -0.2) is 23.2 Å². The van der Waals surface area contributed by atoms with Crippen molar-refractivity contribution in [1.82, 2.24) is 0 Å². The fourth-order valence-corrected chi connectivity index (χ4v) is 2.06. The number of nitrogens with zero attached hydrogens (tertiary/aromatic N) is 2. The number of carbonyl (C=O) groups is 1. The minimum Gasteiger partial charge on any atom is -0.465 e. The number of aryl methyl sites for hydroxylation is 1. The monoisotopic (exact) mass is 316 g/mol. The second-order valence-electron chi connectivity index (χ2n) is 4.85. The molecule has 0 aromatic heterocycles. The van der Waals surface area contributed by atoms with Gasteiger partial charge in [0.2, 0.25) is 0 Å². The number of benzene rings is 2. The van der Waals surface area contributed by atoms with E-state index in [1.165, 1.54) is 25.2 Å². The van der Waals surface area contributed by atoms with Crippen molar-refractivity contribution in [3.8, 4) is 11.5 Å². The molecule has 1 amide bonds. The van der Waals surface area contributed by atoms with E-state index in [0.29, 0.717) is 11.5 Å². The lowest BCUT2D eigenvalue weighted by Crippen LogP contribution is -2.24. The van der Waals surface area contributed by atoms with Gasteiger partial charge in [-0.1, -0.05) is 19.1 Å². The van der Waals surface area contributed by atoms with Crippen LogP contribution < -0.4 is 9.64 Å². The van der Waals surface area contributed by atoms with E-state index in [4.69, 9.17) is 9.84 Å². The first kappa shape index (κ1) is 16.3. The number of amides is 1. The Bertz CT molecular complexity index is 745. The molecule has 0 spiro atoms. The SMILES string of the molecule is CCc1cccc(Oc2ccc([N+](=O)[O-])c(N(C)C(=O)O)c2)c1. The van der Waals surface area contributed by atoms with Gasteiger partial charge in [-0.15, -0.1) is 0 Å². The van der Waals surface area contributed by atoms with E-state index < -0.39 is 11.0 Å². The van der Waals surface area contributed by atoms with Gasteiger partial charge in [0.25, 0.3) is 5.69 Å². The highest BCUT2D eigenvalue weighted by Crippen LogP contribution is 2.33. The van der Waals surface area contributed by atoms with Gasteiger partial charge in [-0.25, -0.2) is 4.79 Å². The Balaban J connectivity index is 2.38. The van der Waals surface area contributed by atoms with Crippen LogP contribution in [0, 0.1) is 10.1 Å². The van der Waals surface area contributed by atoms with Gasteiger partial charge in [0.05, 0.1) is 4.92 Å². The van der Waals surface area contributed by atoms with E-state index in [2.05, 4.69) is 0 Å². The number of ether oxygens (including phenoxy) is 1. The number of anilines is 1. The second-order valence-corrected chi connectivity index (χ2v) is 4.85. The van der Waals surface area contributed by atoms with Crippen LogP contribution in [0.4, 0.5) is 16.2 Å². The first-order chi connectivity index (χ1) is 10.9. The summed E-state index contributed by atoms with van der Waals surface area (Å²) in [5.74, 6) is 0.911. The zero-order valence-corrected chi connectivity index (χ0v) is 12.7. The van der Waals surface area contributed by atoms with Crippen LogP contribution >= 0.6 is 0 Å². The molecule has 23 heavy (non-hydrogen) atoms. The zero-order valence-electron chi connectivity index (χ0n) is 12.7. The topological polar surface area (TPSA) is 92.9 Å². The molecule has 1 N–H and O–H groups in total. The number of hydrogen-bond donors (Lipinski definition) is 1. The number of hydrogen-bond acceptors (Lipinski definition) is 4. The molecule has 0 saturated carbocycles. The van der Waals surface area contributed by atoms with Crippen LogP contribution in [0.3, 0.4) is 0 Å². The van der Waals surface area contributed by atoms with Crippen molar-refractivity contribution in [2.24, 2.45) is 0 Å². The first-order valence-corrected chi connectivity index (χ1v) is 6.94. The van der Waals surface area contributed by atoms with Crippen LogP contribution in [0.25, 0.3) is 0 Å². The Morgan fingerprint density at radius 3 is 2.57 bits per heavy atom. The summed E-state index contributed by atoms with van der Waals surface area (Å²) >= 11 is 0. The second kappa shape index (κ2) is 6.78. The number of nitro benzene ring substituents is 1. The molecule has 7 heteroatoms. The van der Waals surface area contributed by atoms with Gasteiger partial charge in [0.15, 0.2) is 0 Å². The summed E-state index contributed by atoms with van der Waals surface area (Å²) in [6, 6.07) is 11.5. The Morgan fingerprint density at radius 2 is 1.96 bits per heavy atom. The van der Waals surface area contributed by atoms with Gasteiger partial charge in [-0.2, -0.15) is 0 Å². The lowest BCUT2D eigenvalue weighted by Gasteiger charge is -2.15. The molecule has 0 bridgehead atoms. The maximum atomic E-state index is 11.1. The molecule has 0 atom stereocenters. The van der Waals surface area contributed by atoms with Gasteiger partial charge in [0, 0.05) is 19.2 Å². The molecule has 2 rings (SSSR count). The summed E-state index contributed by atoms with van der Waals surface area (Å²) in [6.45, 7) is 2.02. The molecule has 0 saturated heterocycles. The Kier molecular flexibility index (Phi) is 4.80. The lowest BCUT2D eigenvalue weighted by molar-refractivity contribution is -0.384. The van der Waals surface area contributed by atoms with Crippen molar-refractivity contribution in [2.45, 2.75) is 13.3 Å². The van der Waals surface area contributed by atoms with Crippen molar-refractivity contribution >= 4 is 17.5 Å². The molecule has 0 aliphatic carbocycles. The van der Waals surface area contributed by atoms with Gasteiger partial charge < -0.3 is 9.84 Å². The van der Waals surface area contributed by atoms with E-state index in [1.54, 1.807) is 6.07 Å². The summed E-state index contributed by atoms with van der Waals surface area (Å²) < 4.78 is 5.68. The van der Waals surface area contributed by atoms with Gasteiger partial charge in [0.1, 0.15) is 17.2 Å². The third-order valence-electron chi connectivity index (χ3n) is 3.33. The Hall–Kier alpha value is -3.09. The third-order valence-corrected chi connectivity index (χ3v) is 3.33. The van der Waals surface area contributed by atoms with Crippen molar-refractivity contribution in [2.75, 3.05) is 11.9 Å². The van der Waals surface area contributed by atoms with E-state index in [-0.39, 0.29) is 11.4 Å². The maximum absolute atomic E-state index is 11.1. The van der Waals surface area contributed by atoms with Crippen LogP contribution in [0.5, 0.6) is 11.5 Å². The number of rotatable bonds is 5. The molecule has 0 fully saturated rings. The highest BCUT2D eigenvalue weighted by atomic mass is 16.6. The predicted molar refractivity (Wildman–Crippen MR) is 85.4 cm³/mol. The van der Waals surface area contributed by atoms with Crippen molar-refractivity contribution in [1.29, 1.82) is 0 Å². The fraction of sp³-hybridized carbons (Fsp3) is 0.188. The fourth-order valence-electron chi connectivity index (χ4n) is 2.06. The van der Waals surface area contributed by atoms with Crippen molar-refractivity contribution in [3.05, 3.63) is 58.1 Å². The Labute approximate surface area is 132 Å². The highest BCUT2D eigenvalue weighted by Gasteiger charge is 2.22. The molecule has 0 unspecified atom stereocenters. The van der Waals surface area contributed by atoms with Crippen LogP contribution in [0.1, 0.15) is 12.5 Å². The number of carboxylic acid groups (broad SMARTS) is 1. The lowest BCUT2D eigenvalue weighted by atomic mass is 10.2. The van der Waals surface area contributed by atoms with Crippen molar-refractivity contribution < 1.29 is 19.6 Å². The summed E-state index contributed by atoms with van der Waals surface area (Å²) in [7, 11) is 1.24. The quantitative estimate of drug-likeness (QED) is 0.663. The summed E-state index contributed by atoms with van der Waals surface area (Å²) in [6.07, 6.45) is -0.442. The minimum atomic E-state index is -1.29. The van der Waals surface area contributed by atoms with Gasteiger partial charge >= 0.3 is 6.09 Å². The zero-order chi connectivity index (χ0) is 17.0. The molecule has 0 radical (unpaired) electrons. The van der Waals surface area contributed by atoms with Crippen LogP contribution in [0.15, 0.2) is 42.5 Å². The highest BCUT2D eigenvalue weighted by molar-refractivity contribution is 5.89. The molecule has 120 valence electrons. The largest absolute Gasteiger partial charge is 0.465 e. The molecule has 0 aliphatic rings. The minimum absolute atomic E-state index is 0.0494. The van der Waals surface area contributed by atoms with E-state index in [0.717, 1.165) is 16.9 Å². The summed E-state index contributed by atoms with van der Waals surface area (Å²) in [5.41, 5.74) is 0.739. The molecule has 2 aromatic rings. The molecular formula is C16H16N2O5. The summed E-state index contributed by atoms with van der Waals surface area (Å²) in [5, 5.41) is 20.1. The maximum Gasteiger partial charge on any atom is 0.411 e. The van der Waals surface area contributed by atoms with Crippen LogP contribution in [0.2, 0.25) is 0 Å². The average Bonchev–Trinajstić information content (AvgIpc) is 2.53. The van der Waals surface area contributed by atoms with E-state index in [1.807, 2.05) is 25.1 Å². The number of nitro groups is 1. The van der Waals surface area contributed by atoms with Crippen LogP contribution in [-0.2, 0) is 6.42 Å². The average molecular weight is 316 g/mol.